The first-order valence-electron chi connectivity index (χ1n) is 7.21. The number of urea groups is 1. The van der Waals surface area contributed by atoms with E-state index in [1.54, 1.807) is 0 Å². The normalized spacial score (nSPS) is 21.5. The summed E-state index contributed by atoms with van der Waals surface area (Å²) in [6.45, 7) is 3.93. The van der Waals surface area contributed by atoms with Crippen LogP contribution < -0.4 is 10.6 Å². The van der Waals surface area contributed by atoms with Gasteiger partial charge in [-0.25, -0.2) is 4.79 Å². The number of nitrogens with one attached hydrogen (secondary N) is 2. The molecule has 0 aromatic heterocycles. The van der Waals surface area contributed by atoms with Gasteiger partial charge in [-0.3, -0.25) is 19.8 Å². The summed E-state index contributed by atoms with van der Waals surface area (Å²) < 4.78 is 0. The van der Waals surface area contributed by atoms with Crippen LogP contribution in [0.2, 0.25) is 0 Å². The number of imide groups is 2. The molecule has 6 nitrogen and oxygen atoms in total. The van der Waals surface area contributed by atoms with E-state index in [1.165, 1.54) is 0 Å². The van der Waals surface area contributed by atoms with E-state index < -0.39 is 23.8 Å². The Kier molecular flexibility index (Phi) is 3.66. The maximum absolute atomic E-state index is 12.5. The summed E-state index contributed by atoms with van der Waals surface area (Å²) in [4.78, 5) is 37.5. The van der Waals surface area contributed by atoms with E-state index in [9.17, 15) is 14.4 Å². The number of barbiturate groups is 1. The Morgan fingerprint density at radius 2 is 1.91 bits per heavy atom. The van der Waals surface area contributed by atoms with Crippen LogP contribution in [-0.2, 0) is 16.1 Å². The molecule has 0 radical (unpaired) electrons. The van der Waals surface area contributed by atoms with E-state index in [-0.39, 0.29) is 12.6 Å². The van der Waals surface area contributed by atoms with E-state index in [4.69, 9.17) is 0 Å². The second kappa shape index (κ2) is 5.63. The summed E-state index contributed by atoms with van der Waals surface area (Å²) in [5, 5.41) is 5.30. The summed E-state index contributed by atoms with van der Waals surface area (Å²) in [5.74, 6) is -2.20. The summed E-state index contributed by atoms with van der Waals surface area (Å²) in [6, 6.07) is 8.76. The van der Waals surface area contributed by atoms with Gasteiger partial charge in [0.2, 0.25) is 11.8 Å². The molecule has 1 heterocycles. The lowest BCUT2D eigenvalue weighted by Crippen LogP contribution is -2.58. The molecule has 22 heavy (non-hydrogen) atoms. The number of rotatable bonds is 5. The zero-order valence-electron chi connectivity index (χ0n) is 12.0. The predicted octanol–water partition coefficient (Wildman–Crippen LogP) is 1.15. The number of carbonyl (C=O) groups excluding carboxylic acids is 3. The second-order valence-electron chi connectivity index (χ2n) is 5.58. The van der Waals surface area contributed by atoms with Crippen LogP contribution in [0.15, 0.2) is 42.6 Å². The van der Waals surface area contributed by atoms with Crippen LogP contribution in [0, 0.1) is 5.92 Å². The van der Waals surface area contributed by atoms with Crippen molar-refractivity contribution in [1.29, 1.82) is 0 Å². The molecular formula is C16H17N3O3. The molecule has 2 aliphatic rings. The van der Waals surface area contributed by atoms with Gasteiger partial charge in [-0.1, -0.05) is 36.9 Å². The third-order valence-corrected chi connectivity index (χ3v) is 3.75. The van der Waals surface area contributed by atoms with Crippen molar-refractivity contribution in [3.05, 3.63) is 48.2 Å². The number of hydrogen-bond acceptors (Lipinski definition) is 4. The largest absolute Gasteiger partial charge is 0.385 e. The highest BCUT2D eigenvalue weighted by Gasteiger charge is 2.42. The van der Waals surface area contributed by atoms with E-state index >= 15 is 0 Å². The molecule has 2 N–H and O–H groups in total. The zero-order valence-corrected chi connectivity index (χ0v) is 12.0. The minimum absolute atomic E-state index is 0.131. The van der Waals surface area contributed by atoms with Crippen LogP contribution in [0.25, 0.3) is 0 Å². The molecule has 1 aromatic rings. The topological polar surface area (TPSA) is 78.5 Å². The third kappa shape index (κ3) is 2.86. The average molecular weight is 299 g/mol. The van der Waals surface area contributed by atoms with Crippen LogP contribution in [0.4, 0.5) is 4.79 Å². The van der Waals surface area contributed by atoms with Gasteiger partial charge in [-0.15, -0.1) is 0 Å². The number of carbonyl (C=O) groups is 3. The van der Waals surface area contributed by atoms with Crippen molar-refractivity contribution in [2.75, 3.05) is 0 Å². The smallest absolute Gasteiger partial charge is 0.331 e. The Labute approximate surface area is 128 Å². The number of amides is 4. The molecule has 1 atom stereocenters. The lowest BCUT2D eigenvalue weighted by molar-refractivity contribution is -0.141. The van der Waals surface area contributed by atoms with Crippen molar-refractivity contribution in [3.8, 4) is 0 Å². The summed E-state index contributed by atoms with van der Waals surface area (Å²) in [6.07, 6.45) is 2.02. The van der Waals surface area contributed by atoms with Gasteiger partial charge >= 0.3 is 6.03 Å². The van der Waals surface area contributed by atoms with Crippen molar-refractivity contribution in [2.24, 2.45) is 5.92 Å². The highest BCUT2D eigenvalue weighted by Crippen LogP contribution is 2.24. The molecule has 2 fully saturated rings. The maximum Gasteiger partial charge on any atom is 0.331 e. The van der Waals surface area contributed by atoms with Crippen molar-refractivity contribution in [1.82, 2.24) is 15.5 Å². The Balaban J connectivity index is 1.77. The molecule has 1 aliphatic carbocycles. The molecule has 1 saturated heterocycles. The molecule has 3 rings (SSSR count). The molecule has 1 aliphatic heterocycles. The molecular weight excluding hydrogens is 282 g/mol. The zero-order chi connectivity index (χ0) is 15.7. The van der Waals surface area contributed by atoms with Crippen LogP contribution in [0.3, 0.4) is 0 Å². The van der Waals surface area contributed by atoms with Gasteiger partial charge in [0.1, 0.15) is 0 Å². The fourth-order valence-corrected chi connectivity index (χ4v) is 2.41. The molecule has 4 amide bonds. The van der Waals surface area contributed by atoms with E-state index in [1.807, 2.05) is 30.3 Å². The first-order chi connectivity index (χ1) is 10.6. The first-order valence-corrected chi connectivity index (χ1v) is 7.21. The second-order valence-corrected chi connectivity index (χ2v) is 5.58. The van der Waals surface area contributed by atoms with E-state index in [0.29, 0.717) is 5.70 Å². The minimum atomic E-state index is -1.05. The average Bonchev–Trinajstić information content (AvgIpc) is 3.28. The van der Waals surface area contributed by atoms with Crippen LogP contribution >= 0.6 is 0 Å². The predicted molar refractivity (Wildman–Crippen MR) is 79.3 cm³/mol. The summed E-state index contributed by atoms with van der Waals surface area (Å²) in [7, 11) is 0. The Morgan fingerprint density at radius 3 is 2.55 bits per heavy atom. The SMILES string of the molecule is C=C(NC1CC1)[C@@H]1C(=O)NC(=O)N(Cc2ccccc2)C1=O. The van der Waals surface area contributed by atoms with Crippen molar-refractivity contribution in [2.45, 2.75) is 25.4 Å². The van der Waals surface area contributed by atoms with Gasteiger partial charge < -0.3 is 5.32 Å². The Bertz CT molecular complexity index is 637. The highest BCUT2D eigenvalue weighted by atomic mass is 16.2. The number of benzene rings is 1. The quantitative estimate of drug-likeness (QED) is 0.799. The van der Waals surface area contributed by atoms with Gasteiger partial charge in [-0.05, 0) is 18.4 Å². The summed E-state index contributed by atoms with van der Waals surface area (Å²) in [5.41, 5.74) is 1.18. The maximum atomic E-state index is 12.5. The van der Waals surface area contributed by atoms with Crippen LogP contribution in [-0.4, -0.2) is 28.8 Å². The van der Waals surface area contributed by atoms with Gasteiger partial charge in [0, 0.05) is 11.7 Å². The van der Waals surface area contributed by atoms with E-state index in [2.05, 4.69) is 17.2 Å². The van der Waals surface area contributed by atoms with Crippen molar-refractivity contribution < 1.29 is 14.4 Å². The number of hydrogen-bond donors (Lipinski definition) is 2. The van der Waals surface area contributed by atoms with Crippen molar-refractivity contribution >= 4 is 17.8 Å². The van der Waals surface area contributed by atoms with Gasteiger partial charge in [-0.2, -0.15) is 0 Å². The molecule has 1 saturated carbocycles. The monoisotopic (exact) mass is 299 g/mol. The first kappa shape index (κ1) is 14.3. The van der Waals surface area contributed by atoms with Crippen LogP contribution in [0.5, 0.6) is 0 Å². The highest BCUT2D eigenvalue weighted by molar-refractivity contribution is 6.17. The standard InChI is InChI=1S/C16H17N3O3/c1-10(17-12-7-8-12)13-14(20)18-16(22)19(15(13)21)9-11-5-3-2-4-6-11/h2-6,12-13,17H,1,7-9H2,(H,18,20,22)/t13-/m1/s1. The molecule has 0 unspecified atom stereocenters. The molecule has 6 heteroatoms. The summed E-state index contributed by atoms with van der Waals surface area (Å²) >= 11 is 0. The molecule has 0 bridgehead atoms. The molecule has 114 valence electrons. The lowest BCUT2D eigenvalue weighted by atomic mass is 10.0. The fourth-order valence-electron chi connectivity index (χ4n) is 2.41. The minimum Gasteiger partial charge on any atom is -0.385 e. The van der Waals surface area contributed by atoms with Gasteiger partial charge in [0.05, 0.1) is 6.54 Å². The number of nitrogens with zero attached hydrogens (tertiary/aromatic N) is 1. The van der Waals surface area contributed by atoms with E-state index in [0.717, 1.165) is 23.3 Å². The van der Waals surface area contributed by atoms with Gasteiger partial charge in [0.25, 0.3) is 0 Å². The van der Waals surface area contributed by atoms with Crippen LogP contribution in [0.1, 0.15) is 18.4 Å². The van der Waals surface area contributed by atoms with Crippen molar-refractivity contribution in [3.63, 3.8) is 0 Å². The Morgan fingerprint density at radius 1 is 1.23 bits per heavy atom. The lowest BCUT2D eigenvalue weighted by Gasteiger charge is -2.31. The van der Waals surface area contributed by atoms with Gasteiger partial charge in [0.15, 0.2) is 5.92 Å². The molecule has 0 spiro atoms. The Hall–Kier alpha value is -2.63. The molecule has 1 aromatic carbocycles. The fraction of sp³-hybridized carbons (Fsp3) is 0.312. The third-order valence-electron chi connectivity index (χ3n) is 3.75.